The summed E-state index contributed by atoms with van der Waals surface area (Å²) in [6.45, 7) is 6.86. The van der Waals surface area contributed by atoms with Gasteiger partial charge in [0.15, 0.2) is 5.60 Å². The number of carbonyl (C=O) groups excluding carboxylic acids is 1. The van der Waals surface area contributed by atoms with Crippen molar-refractivity contribution in [2.45, 2.75) is 32.8 Å². The van der Waals surface area contributed by atoms with Crippen molar-refractivity contribution in [3.8, 4) is 5.75 Å². The average molecular weight is 279 g/mol. The maximum absolute atomic E-state index is 11.7. The molecule has 0 radical (unpaired) electrons. The molecule has 1 aromatic carbocycles. The number of amides is 1. The van der Waals surface area contributed by atoms with E-state index in [1.807, 2.05) is 0 Å². The molecule has 0 unspecified atom stereocenters. The second kappa shape index (κ2) is 5.48. The van der Waals surface area contributed by atoms with Gasteiger partial charge in [-0.25, -0.2) is 9.63 Å². The molecule has 0 atom stereocenters. The van der Waals surface area contributed by atoms with Crippen LogP contribution in [-0.2, 0) is 4.84 Å². The van der Waals surface area contributed by atoms with Crippen molar-refractivity contribution in [1.29, 1.82) is 0 Å². The smallest absolute Gasteiger partial charge is 0.410 e. The first kappa shape index (κ1) is 14.3. The molecule has 1 fully saturated rings. The molecule has 0 aliphatic carbocycles. The van der Waals surface area contributed by atoms with E-state index in [2.05, 4.69) is 0 Å². The van der Waals surface area contributed by atoms with Gasteiger partial charge in [-0.1, -0.05) is 0 Å². The summed E-state index contributed by atoms with van der Waals surface area (Å²) in [6, 6.07) is 6.25. The summed E-state index contributed by atoms with van der Waals surface area (Å²) < 4.78 is 5.18. The van der Waals surface area contributed by atoms with Crippen molar-refractivity contribution in [3.05, 3.63) is 29.2 Å². The second-order valence-electron chi connectivity index (χ2n) is 5.66. The number of hydrogen-bond acceptors (Lipinski definition) is 4. The molecular weight excluding hydrogens is 260 g/mol. The molecule has 108 valence electrons. The number of nitrogens with zero attached hydrogens (tertiary/aromatic N) is 2. The Hall–Kier alpha value is -2.11. The van der Waals surface area contributed by atoms with Crippen LogP contribution in [0.4, 0.5) is 10.5 Å². The third-order valence-corrected chi connectivity index (χ3v) is 2.72. The summed E-state index contributed by atoms with van der Waals surface area (Å²) in [6.07, 6.45) is 0.664. The zero-order valence-electron chi connectivity index (χ0n) is 12.0. The van der Waals surface area contributed by atoms with Crippen molar-refractivity contribution >= 4 is 11.8 Å². The molecular formula is C14H19N2O4+. The highest BCUT2D eigenvalue weighted by molar-refractivity contribution is 5.71. The fourth-order valence-corrected chi connectivity index (χ4v) is 1.60. The van der Waals surface area contributed by atoms with Crippen LogP contribution < -0.4 is 4.74 Å². The Labute approximate surface area is 117 Å². The van der Waals surface area contributed by atoms with Crippen molar-refractivity contribution < 1.29 is 19.3 Å². The minimum atomic E-state index is -0.565. The molecule has 6 nitrogen and oxygen atoms in total. The van der Waals surface area contributed by atoms with Gasteiger partial charge in [-0.05, 0) is 39.3 Å². The molecule has 1 heterocycles. The fraction of sp³-hybridized carbons (Fsp3) is 0.500. The third-order valence-electron chi connectivity index (χ3n) is 2.72. The quantitative estimate of drug-likeness (QED) is 0.798. The molecule has 6 heteroatoms. The minimum Gasteiger partial charge on any atom is -0.410 e. The second-order valence-corrected chi connectivity index (χ2v) is 5.66. The highest BCUT2D eigenvalue weighted by atomic mass is 16.8. The first-order valence-corrected chi connectivity index (χ1v) is 6.58. The molecule has 1 amide bonds. The van der Waals surface area contributed by atoms with E-state index >= 15 is 0 Å². The van der Waals surface area contributed by atoms with Gasteiger partial charge in [0.2, 0.25) is 0 Å². The van der Waals surface area contributed by atoms with Crippen LogP contribution in [0, 0.1) is 4.91 Å². The van der Waals surface area contributed by atoms with E-state index in [1.165, 1.54) is 0 Å². The van der Waals surface area contributed by atoms with Gasteiger partial charge < -0.3 is 9.64 Å². The zero-order chi connectivity index (χ0) is 14.8. The van der Waals surface area contributed by atoms with Crippen LogP contribution in [0.3, 0.4) is 0 Å². The maximum atomic E-state index is 11.7. The number of ether oxygens (including phenoxy) is 1. The third kappa shape index (κ3) is 3.69. The van der Waals surface area contributed by atoms with Gasteiger partial charge in [0.1, 0.15) is 5.75 Å². The van der Waals surface area contributed by atoms with Gasteiger partial charge in [-0.2, -0.15) is 0 Å². The van der Waals surface area contributed by atoms with Gasteiger partial charge in [0.25, 0.3) is 4.92 Å². The summed E-state index contributed by atoms with van der Waals surface area (Å²) >= 11 is 0. The lowest BCUT2D eigenvalue weighted by Gasteiger charge is -2.29. The zero-order valence-corrected chi connectivity index (χ0v) is 12.0. The monoisotopic (exact) mass is 279 g/mol. The highest BCUT2D eigenvalue weighted by Gasteiger charge is 2.26. The van der Waals surface area contributed by atoms with Gasteiger partial charge in [-0.3, -0.25) is 0 Å². The Morgan fingerprint density at radius 3 is 2.25 bits per heavy atom. The van der Waals surface area contributed by atoms with Crippen LogP contribution in [0.2, 0.25) is 0 Å². The molecule has 1 aromatic rings. The van der Waals surface area contributed by atoms with Gasteiger partial charge >= 0.3 is 11.8 Å². The van der Waals surface area contributed by atoms with E-state index in [1.54, 1.807) is 49.9 Å². The molecule has 0 aromatic heterocycles. The van der Waals surface area contributed by atoms with Gasteiger partial charge in [0.05, 0.1) is 4.91 Å². The lowest BCUT2D eigenvalue weighted by atomic mass is 10.2. The topological polar surface area (TPSA) is 58.9 Å². The van der Waals surface area contributed by atoms with E-state index in [0.29, 0.717) is 16.4 Å². The lowest BCUT2D eigenvalue weighted by Crippen LogP contribution is -2.43. The Bertz CT molecular complexity index is 501. The number of benzene rings is 1. The van der Waals surface area contributed by atoms with Crippen molar-refractivity contribution in [2.24, 2.45) is 0 Å². The van der Waals surface area contributed by atoms with E-state index < -0.39 is 5.60 Å². The molecule has 0 spiro atoms. The van der Waals surface area contributed by atoms with E-state index in [9.17, 15) is 9.70 Å². The number of hydrogen-bond donors (Lipinski definition) is 0. The predicted molar refractivity (Wildman–Crippen MR) is 72.8 cm³/mol. The van der Waals surface area contributed by atoms with Crippen molar-refractivity contribution in [1.82, 2.24) is 4.90 Å². The predicted octanol–water partition coefficient (Wildman–Crippen LogP) is 3.03. The molecule has 1 aliphatic heterocycles. The molecule has 2 rings (SSSR count). The van der Waals surface area contributed by atoms with Crippen molar-refractivity contribution in [3.63, 3.8) is 0 Å². The number of rotatable bonds is 3. The molecule has 0 N–H and O–H groups in total. The Balaban J connectivity index is 1.95. The van der Waals surface area contributed by atoms with Crippen LogP contribution in [-0.4, -0.2) is 34.6 Å². The van der Waals surface area contributed by atoms with E-state index in [0.717, 1.165) is 19.5 Å². The SMILES string of the molecule is CC(C)(C)O[N+](=O)c1ccc(OC(=O)N2CCC2)cc1. The van der Waals surface area contributed by atoms with Crippen LogP contribution in [0.25, 0.3) is 0 Å². The first-order chi connectivity index (χ1) is 9.35. The van der Waals surface area contributed by atoms with Crippen LogP contribution >= 0.6 is 0 Å². The first-order valence-electron chi connectivity index (χ1n) is 6.58. The Morgan fingerprint density at radius 1 is 1.20 bits per heavy atom. The maximum Gasteiger partial charge on any atom is 0.415 e. The van der Waals surface area contributed by atoms with Crippen LogP contribution in [0.5, 0.6) is 5.75 Å². The van der Waals surface area contributed by atoms with Crippen LogP contribution in [0.15, 0.2) is 24.3 Å². The van der Waals surface area contributed by atoms with E-state index in [-0.39, 0.29) is 6.09 Å². The van der Waals surface area contributed by atoms with E-state index in [4.69, 9.17) is 9.57 Å². The molecule has 1 saturated heterocycles. The Kier molecular flexibility index (Phi) is 3.92. The lowest BCUT2D eigenvalue weighted by molar-refractivity contribution is -0.766. The van der Waals surface area contributed by atoms with Crippen molar-refractivity contribution in [2.75, 3.05) is 13.1 Å². The summed E-state index contributed by atoms with van der Waals surface area (Å²) in [5, 5.41) is 0. The molecule has 0 bridgehead atoms. The standard InChI is InChI=1S/C14H19N2O4/c1-14(2,3)20-16(18)11-5-7-12(8-6-11)19-13(17)15-9-4-10-15/h5-8H,4,9-10H2,1-3H3/q+1. The largest absolute Gasteiger partial charge is 0.415 e. The van der Waals surface area contributed by atoms with Gasteiger partial charge in [-0.15, -0.1) is 0 Å². The molecule has 20 heavy (non-hydrogen) atoms. The summed E-state index contributed by atoms with van der Waals surface area (Å²) in [5.41, 5.74) is -0.214. The summed E-state index contributed by atoms with van der Waals surface area (Å²) in [5.74, 6) is 0.412. The van der Waals surface area contributed by atoms with Gasteiger partial charge in [0, 0.05) is 25.2 Å². The minimum absolute atomic E-state index is 0.351. The average Bonchev–Trinajstić information content (AvgIpc) is 2.24. The molecule has 0 saturated carbocycles. The summed E-state index contributed by atoms with van der Waals surface area (Å²) in [4.78, 5) is 30.6. The fourth-order valence-electron chi connectivity index (χ4n) is 1.60. The normalized spacial score (nSPS) is 14.4. The van der Waals surface area contributed by atoms with Crippen LogP contribution in [0.1, 0.15) is 27.2 Å². The summed E-state index contributed by atoms with van der Waals surface area (Å²) in [7, 11) is 0. The molecule has 1 aliphatic rings. The number of likely N-dealkylation sites (tertiary alicyclic amines) is 1. The number of carbonyl (C=O) groups is 1. The Morgan fingerprint density at radius 2 is 1.80 bits per heavy atom. The highest BCUT2D eigenvalue weighted by Crippen LogP contribution is 2.21.